The number of hydrogen-bond acceptors (Lipinski definition) is 3. The van der Waals surface area contributed by atoms with Crippen LogP contribution < -0.4 is 10.5 Å². The molecule has 1 aliphatic heterocycles. The largest absolute Gasteiger partial charge is 0.339 e. The number of para-hydroxylation sites is 1. The molecule has 4 nitrogen and oxygen atoms in total. The lowest BCUT2D eigenvalue weighted by Crippen LogP contribution is -2.32. The second-order valence-corrected chi connectivity index (χ2v) is 6.42. The number of H-pyrrole nitrogens is 1. The van der Waals surface area contributed by atoms with E-state index < -0.39 is 0 Å². The minimum Gasteiger partial charge on any atom is -0.339 e. The Balaban J connectivity index is 1.57. The number of fused-ring (bicyclic) bond motifs is 1. The number of aryl methyl sites for hydroxylation is 1. The molecule has 1 atom stereocenters. The zero-order valence-electron chi connectivity index (χ0n) is 13.6. The topological polar surface area (TPSA) is 49.0 Å². The molecular formula is C20H21N3O. The molecule has 1 fully saturated rings. The number of rotatable bonds is 4. The molecule has 0 aliphatic carbocycles. The predicted octanol–water partition coefficient (Wildman–Crippen LogP) is 3.52. The smallest absolute Gasteiger partial charge is 0.260 e. The maximum Gasteiger partial charge on any atom is 0.260 e. The summed E-state index contributed by atoms with van der Waals surface area (Å²) in [5.41, 5.74) is 2.08. The van der Waals surface area contributed by atoms with Crippen molar-refractivity contribution in [2.24, 2.45) is 0 Å². The van der Waals surface area contributed by atoms with Gasteiger partial charge in [0.1, 0.15) is 0 Å². The quantitative estimate of drug-likeness (QED) is 0.800. The summed E-state index contributed by atoms with van der Waals surface area (Å²) in [6, 6.07) is 18.5. The molecule has 4 heteroatoms. The van der Waals surface area contributed by atoms with Crippen molar-refractivity contribution < 1.29 is 0 Å². The fraction of sp³-hybridized carbons (Fsp3) is 0.300. The van der Waals surface area contributed by atoms with Gasteiger partial charge < -0.3 is 4.90 Å². The molecule has 1 N–H and O–H groups in total. The maximum absolute atomic E-state index is 12.3. The third-order valence-electron chi connectivity index (χ3n) is 4.86. The average Bonchev–Trinajstić information content (AvgIpc) is 3.09. The molecule has 0 spiro atoms. The number of nitrogens with zero attached hydrogens (tertiary/aromatic N) is 2. The van der Waals surface area contributed by atoms with Crippen molar-refractivity contribution in [3.8, 4) is 0 Å². The summed E-state index contributed by atoms with van der Waals surface area (Å²) in [5.74, 6) is 0.717. The second-order valence-electron chi connectivity index (χ2n) is 6.42. The third kappa shape index (κ3) is 2.92. The summed E-state index contributed by atoms with van der Waals surface area (Å²) in [6.07, 6.45) is 4.44. The van der Waals surface area contributed by atoms with Gasteiger partial charge in [-0.2, -0.15) is 0 Å². The molecule has 2 heterocycles. The lowest BCUT2D eigenvalue weighted by Gasteiger charge is -2.25. The summed E-state index contributed by atoms with van der Waals surface area (Å²) in [4.78, 5) is 22.3. The van der Waals surface area contributed by atoms with Crippen LogP contribution in [-0.2, 0) is 6.42 Å². The zero-order chi connectivity index (χ0) is 16.4. The molecule has 1 unspecified atom stereocenters. The van der Waals surface area contributed by atoms with E-state index in [9.17, 15) is 4.79 Å². The van der Waals surface area contributed by atoms with Crippen molar-refractivity contribution in [3.05, 3.63) is 70.5 Å². The van der Waals surface area contributed by atoms with Crippen LogP contribution >= 0.6 is 0 Å². The Bertz CT molecular complexity index is 888. The number of aromatic amines is 1. The highest BCUT2D eigenvalue weighted by Gasteiger charge is 2.26. The van der Waals surface area contributed by atoms with Gasteiger partial charge in [-0.15, -0.1) is 0 Å². The molecule has 122 valence electrons. The molecule has 4 rings (SSSR count). The van der Waals surface area contributed by atoms with E-state index in [0.29, 0.717) is 17.4 Å². The number of aromatic nitrogens is 2. The highest BCUT2D eigenvalue weighted by Crippen LogP contribution is 2.26. The molecule has 1 aliphatic rings. The lowest BCUT2D eigenvalue weighted by molar-refractivity contribution is 0.601. The number of nitrogens with one attached hydrogen (secondary N) is 1. The minimum absolute atomic E-state index is 0.0516. The first-order valence-corrected chi connectivity index (χ1v) is 8.61. The summed E-state index contributed by atoms with van der Waals surface area (Å²) in [5, 5.41) is 0.654. The Morgan fingerprint density at radius 2 is 1.88 bits per heavy atom. The van der Waals surface area contributed by atoms with Gasteiger partial charge >= 0.3 is 0 Å². The van der Waals surface area contributed by atoms with E-state index in [1.807, 2.05) is 24.3 Å². The molecule has 1 aromatic heterocycles. The van der Waals surface area contributed by atoms with E-state index in [1.165, 1.54) is 5.56 Å². The van der Waals surface area contributed by atoms with E-state index in [-0.39, 0.29) is 5.56 Å². The van der Waals surface area contributed by atoms with Crippen molar-refractivity contribution in [1.82, 2.24) is 9.97 Å². The van der Waals surface area contributed by atoms with E-state index in [4.69, 9.17) is 4.98 Å². The van der Waals surface area contributed by atoms with E-state index in [1.54, 1.807) is 0 Å². The summed E-state index contributed by atoms with van der Waals surface area (Å²) in [7, 11) is 0. The van der Waals surface area contributed by atoms with Gasteiger partial charge in [-0.1, -0.05) is 42.5 Å². The Labute approximate surface area is 141 Å². The minimum atomic E-state index is -0.0516. The maximum atomic E-state index is 12.3. The van der Waals surface area contributed by atoms with Crippen molar-refractivity contribution >= 4 is 16.9 Å². The van der Waals surface area contributed by atoms with E-state index in [2.05, 4.69) is 40.2 Å². The Morgan fingerprint density at radius 1 is 1.08 bits per heavy atom. The molecule has 0 radical (unpaired) electrons. The van der Waals surface area contributed by atoms with Crippen LogP contribution in [0.2, 0.25) is 0 Å². The molecule has 0 bridgehead atoms. The first kappa shape index (κ1) is 14.9. The predicted molar refractivity (Wildman–Crippen MR) is 97.5 cm³/mol. The average molecular weight is 319 g/mol. The fourth-order valence-corrected chi connectivity index (χ4v) is 3.60. The Hall–Kier alpha value is -2.62. The van der Waals surface area contributed by atoms with Crippen molar-refractivity contribution in [3.63, 3.8) is 0 Å². The van der Waals surface area contributed by atoms with Crippen LogP contribution in [0.4, 0.5) is 5.95 Å². The molecule has 3 aromatic rings. The van der Waals surface area contributed by atoms with Gasteiger partial charge in [-0.05, 0) is 43.4 Å². The number of benzene rings is 2. The standard InChI is InChI=1S/C20H21N3O/c24-19-17-10-4-5-11-18(17)21-20(22-19)23-14-6-9-16(23)13-12-15-7-2-1-3-8-15/h1-5,7-8,10-11,16H,6,9,12-14H2,(H,21,22,24). The highest BCUT2D eigenvalue weighted by molar-refractivity contribution is 5.78. The highest BCUT2D eigenvalue weighted by atomic mass is 16.1. The van der Waals surface area contributed by atoms with Gasteiger partial charge in [-0.25, -0.2) is 4.98 Å². The van der Waals surface area contributed by atoms with Crippen molar-refractivity contribution in [2.75, 3.05) is 11.4 Å². The van der Waals surface area contributed by atoms with Gasteiger partial charge in [0.25, 0.3) is 5.56 Å². The number of anilines is 1. The summed E-state index contributed by atoms with van der Waals surface area (Å²) in [6.45, 7) is 0.959. The van der Waals surface area contributed by atoms with Crippen molar-refractivity contribution in [2.45, 2.75) is 31.7 Å². The second kappa shape index (κ2) is 6.48. The molecule has 24 heavy (non-hydrogen) atoms. The van der Waals surface area contributed by atoms with Crippen LogP contribution in [0.15, 0.2) is 59.4 Å². The Kier molecular flexibility index (Phi) is 4.03. The monoisotopic (exact) mass is 319 g/mol. The molecule has 1 saturated heterocycles. The normalized spacial score (nSPS) is 17.5. The SMILES string of the molecule is O=c1[nH]c(N2CCCC2CCc2ccccc2)nc2ccccc12. The molecule has 0 saturated carbocycles. The van der Waals surface area contributed by atoms with Crippen molar-refractivity contribution in [1.29, 1.82) is 0 Å². The zero-order valence-corrected chi connectivity index (χ0v) is 13.6. The van der Waals surface area contributed by atoms with Crippen LogP contribution in [0.1, 0.15) is 24.8 Å². The van der Waals surface area contributed by atoms with E-state index >= 15 is 0 Å². The third-order valence-corrected chi connectivity index (χ3v) is 4.86. The van der Waals surface area contributed by atoms with Crippen LogP contribution in [0.5, 0.6) is 0 Å². The summed E-state index contributed by atoms with van der Waals surface area (Å²) < 4.78 is 0. The van der Waals surface area contributed by atoms with Crippen LogP contribution in [0, 0.1) is 0 Å². The van der Waals surface area contributed by atoms with Gasteiger partial charge in [0, 0.05) is 12.6 Å². The summed E-state index contributed by atoms with van der Waals surface area (Å²) >= 11 is 0. The molecule has 0 amide bonds. The van der Waals surface area contributed by atoms with Crippen LogP contribution in [0.25, 0.3) is 10.9 Å². The number of hydrogen-bond donors (Lipinski definition) is 1. The molecular weight excluding hydrogens is 298 g/mol. The Morgan fingerprint density at radius 3 is 2.75 bits per heavy atom. The molecule has 2 aromatic carbocycles. The van der Waals surface area contributed by atoms with Gasteiger partial charge in [0.15, 0.2) is 0 Å². The van der Waals surface area contributed by atoms with E-state index in [0.717, 1.165) is 37.7 Å². The van der Waals surface area contributed by atoms with Crippen LogP contribution in [-0.4, -0.2) is 22.6 Å². The fourth-order valence-electron chi connectivity index (χ4n) is 3.60. The van der Waals surface area contributed by atoms with Crippen LogP contribution in [0.3, 0.4) is 0 Å². The lowest BCUT2D eigenvalue weighted by atomic mass is 10.0. The van der Waals surface area contributed by atoms with Gasteiger partial charge in [-0.3, -0.25) is 9.78 Å². The van der Waals surface area contributed by atoms with Gasteiger partial charge in [0.2, 0.25) is 5.95 Å². The first-order chi connectivity index (χ1) is 11.8. The van der Waals surface area contributed by atoms with Gasteiger partial charge in [0.05, 0.1) is 10.9 Å². The first-order valence-electron chi connectivity index (χ1n) is 8.61.